The number of anilines is 2. The first kappa shape index (κ1) is 18.8. The number of aryl methyl sites for hydroxylation is 3. The molecule has 1 aromatic heterocycles. The number of ether oxygens (including phenoxy) is 2. The third kappa shape index (κ3) is 3.47. The molecule has 3 aromatic rings. The maximum Gasteiger partial charge on any atom is 0.187 e. The topological polar surface area (TPSA) is 43.4 Å². The Hall–Kier alpha value is -2.53. The first-order valence-electron chi connectivity index (χ1n) is 9.48. The lowest BCUT2D eigenvalue weighted by Crippen LogP contribution is -2.24. The van der Waals surface area contributed by atoms with Crippen LogP contribution in [-0.4, -0.2) is 17.7 Å². The van der Waals surface area contributed by atoms with Crippen molar-refractivity contribution in [1.29, 1.82) is 0 Å². The number of nitrogens with zero attached hydrogens (tertiary/aromatic N) is 1. The number of thiazole rings is 1. The molecule has 0 spiro atoms. The monoisotopic (exact) mass is 394 g/mol. The van der Waals surface area contributed by atoms with Gasteiger partial charge in [-0.1, -0.05) is 6.07 Å². The molecular weight excluding hydrogens is 368 g/mol. The molecule has 0 amide bonds. The van der Waals surface area contributed by atoms with Crippen LogP contribution in [0.25, 0.3) is 11.3 Å². The van der Waals surface area contributed by atoms with Crippen LogP contribution in [0, 0.1) is 20.8 Å². The molecule has 1 aliphatic heterocycles. The zero-order chi connectivity index (χ0) is 20.1. The molecule has 0 fully saturated rings. The fourth-order valence-corrected chi connectivity index (χ4v) is 4.48. The van der Waals surface area contributed by atoms with E-state index in [1.54, 1.807) is 18.4 Å². The van der Waals surface area contributed by atoms with Crippen molar-refractivity contribution >= 4 is 22.2 Å². The van der Waals surface area contributed by atoms with Crippen molar-refractivity contribution in [3.05, 3.63) is 51.9 Å². The first-order valence-corrected chi connectivity index (χ1v) is 10.3. The molecule has 0 radical (unpaired) electrons. The van der Waals surface area contributed by atoms with Crippen molar-refractivity contribution in [3.63, 3.8) is 0 Å². The van der Waals surface area contributed by atoms with E-state index in [9.17, 15) is 0 Å². The summed E-state index contributed by atoms with van der Waals surface area (Å²) >= 11 is 1.67. The second-order valence-corrected chi connectivity index (χ2v) is 9.26. The molecule has 0 saturated heterocycles. The van der Waals surface area contributed by atoms with Crippen LogP contribution in [0.3, 0.4) is 0 Å². The van der Waals surface area contributed by atoms with E-state index in [0.717, 1.165) is 40.0 Å². The minimum Gasteiger partial charge on any atom is -0.493 e. The summed E-state index contributed by atoms with van der Waals surface area (Å²) in [6.07, 6.45) is 0.865. The lowest BCUT2D eigenvalue weighted by Gasteiger charge is -2.17. The number of aromatic nitrogens is 1. The minimum atomic E-state index is -0.207. The lowest BCUT2D eigenvalue weighted by atomic mass is 9.99. The van der Waals surface area contributed by atoms with E-state index < -0.39 is 0 Å². The number of hydrogen-bond donors (Lipinski definition) is 1. The summed E-state index contributed by atoms with van der Waals surface area (Å²) in [5.41, 5.74) is 6.64. The van der Waals surface area contributed by atoms with Gasteiger partial charge in [0, 0.05) is 28.1 Å². The minimum absolute atomic E-state index is 0.207. The molecule has 5 heteroatoms. The van der Waals surface area contributed by atoms with Gasteiger partial charge in [0.2, 0.25) is 0 Å². The Bertz CT molecular complexity index is 1050. The molecular formula is C23H26N2O2S. The molecule has 0 unspecified atom stereocenters. The summed E-state index contributed by atoms with van der Waals surface area (Å²) in [5.74, 6) is 1.63. The van der Waals surface area contributed by atoms with Crippen LogP contribution in [0.15, 0.2) is 30.3 Å². The maximum atomic E-state index is 6.09. The van der Waals surface area contributed by atoms with Gasteiger partial charge in [-0.3, -0.25) is 0 Å². The standard InChI is InChI=1S/C23H26N2O2S/c1-13-7-8-18(9-14(13)2)24-22-25-20(15(3)28-22)16-10-17-12-23(4,5)27-21(17)19(11-16)26-6/h7-11H,12H2,1-6H3,(H,24,25). The second kappa shape index (κ2) is 6.82. The van der Waals surface area contributed by atoms with Crippen LogP contribution in [0.4, 0.5) is 10.8 Å². The highest BCUT2D eigenvalue weighted by Crippen LogP contribution is 2.45. The molecule has 1 N–H and O–H groups in total. The smallest absolute Gasteiger partial charge is 0.187 e. The van der Waals surface area contributed by atoms with Gasteiger partial charge in [-0.05, 0) is 70.0 Å². The summed E-state index contributed by atoms with van der Waals surface area (Å²) in [4.78, 5) is 6.05. The Morgan fingerprint density at radius 2 is 1.89 bits per heavy atom. The van der Waals surface area contributed by atoms with Gasteiger partial charge < -0.3 is 14.8 Å². The third-order valence-corrected chi connectivity index (χ3v) is 6.06. The van der Waals surface area contributed by atoms with Crippen molar-refractivity contribution in [2.75, 3.05) is 12.4 Å². The van der Waals surface area contributed by atoms with E-state index in [1.165, 1.54) is 21.6 Å². The van der Waals surface area contributed by atoms with Gasteiger partial charge in [-0.25, -0.2) is 4.98 Å². The van der Waals surface area contributed by atoms with E-state index in [0.29, 0.717) is 0 Å². The van der Waals surface area contributed by atoms with E-state index >= 15 is 0 Å². The number of methoxy groups -OCH3 is 1. The summed E-state index contributed by atoms with van der Waals surface area (Å²) in [7, 11) is 1.69. The van der Waals surface area contributed by atoms with Gasteiger partial charge in [0.15, 0.2) is 16.6 Å². The molecule has 0 atom stereocenters. The van der Waals surface area contributed by atoms with Gasteiger partial charge >= 0.3 is 0 Å². The zero-order valence-electron chi connectivity index (χ0n) is 17.3. The number of fused-ring (bicyclic) bond motifs is 1. The average Bonchev–Trinajstić information content (AvgIpc) is 3.14. The Kier molecular flexibility index (Phi) is 4.58. The van der Waals surface area contributed by atoms with Gasteiger partial charge in [0.25, 0.3) is 0 Å². The van der Waals surface area contributed by atoms with Crippen LogP contribution >= 0.6 is 11.3 Å². The molecule has 1 aliphatic rings. The first-order chi connectivity index (χ1) is 13.3. The van der Waals surface area contributed by atoms with Crippen molar-refractivity contribution in [2.24, 2.45) is 0 Å². The summed E-state index contributed by atoms with van der Waals surface area (Å²) < 4.78 is 11.7. The van der Waals surface area contributed by atoms with E-state index in [1.807, 2.05) is 6.07 Å². The van der Waals surface area contributed by atoms with Gasteiger partial charge in [0.05, 0.1) is 12.8 Å². The lowest BCUT2D eigenvalue weighted by molar-refractivity contribution is 0.134. The van der Waals surface area contributed by atoms with Crippen LogP contribution in [0.1, 0.15) is 35.4 Å². The highest BCUT2D eigenvalue weighted by Gasteiger charge is 2.33. The van der Waals surface area contributed by atoms with Crippen LogP contribution in [-0.2, 0) is 6.42 Å². The van der Waals surface area contributed by atoms with Gasteiger partial charge in [-0.2, -0.15) is 0 Å². The van der Waals surface area contributed by atoms with Gasteiger partial charge in [-0.15, -0.1) is 11.3 Å². The molecule has 0 bridgehead atoms. The Morgan fingerprint density at radius 1 is 1.11 bits per heavy atom. The molecule has 0 aliphatic carbocycles. The molecule has 4 nitrogen and oxygen atoms in total. The van der Waals surface area contributed by atoms with Crippen molar-refractivity contribution in [1.82, 2.24) is 4.98 Å². The van der Waals surface area contributed by atoms with Crippen LogP contribution < -0.4 is 14.8 Å². The highest BCUT2D eigenvalue weighted by molar-refractivity contribution is 7.16. The molecule has 4 rings (SSSR count). The van der Waals surface area contributed by atoms with Crippen molar-refractivity contribution in [3.8, 4) is 22.8 Å². The molecule has 0 saturated carbocycles. The largest absolute Gasteiger partial charge is 0.493 e. The SMILES string of the molecule is COc1cc(-c2nc(Nc3ccc(C)c(C)c3)sc2C)cc2c1OC(C)(C)C2. The molecule has 2 heterocycles. The zero-order valence-corrected chi connectivity index (χ0v) is 18.1. The predicted molar refractivity (Wildman–Crippen MR) is 116 cm³/mol. The molecule has 2 aromatic carbocycles. The Labute approximate surface area is 170 Å². The maximum absolute atomic E-state index is 6.09. The second-order valence-electron chi connectivity index (χ2n) is 8.05. The highest BCUT2D eigenvalue weighted by atomic mass is 32.1. The molecule has 28 heavy (non-hydrogen) atoms. The number of nitrogens with one attached hydrogen (secondary N) is 1. The van der Waals surface area contributed by atoms with Crippen LogP contribution in [0.5, 0.6) is 11.5 Å². The van der Waals surface area contributed by atoms with Crippen molar-refractivity contribution < 1.29 is 9.47 Å². The normalized spacial score (nSPS) is 14.5. The predicted octanol–water partition coefficient (Wildman–Crippen LogP) is 6.20. The fraction of sp³-hybridized carbons (Fsp3) is 0.348. The van der Waals surface area contributed by atoms with E-state index in [4.69, 9.17) is 14.5 Å². The quantitative estimate of drug-likeness (QED) is 0.572. The average molecular weight is 395 g/mol. The summed E-state index contributed by atoms with van der Waals surface area (Å²) in [6.45, 7) is 10.6. The van der Waals surface area contributed by atoms with E-state index in [2.05, 4.69) is 64.2 Å². The third-order valence-electron chi connectivity index (χ3n) is 5.17. The fourth-order valence-electron chi connectivity index (χ4n) is 3.63. The van der Waals surface area contributed by atoms with Crippen molar-refractivity contribution in [2.45, 2.75) is 46.6 Å². The number of rotatable bonds is 4. The molecule has 146 valence electrons. The summed E-state index contributed by atoms with van der Waals surface area (Å²) in [5, 5.41) is 4.34. The van der Waals surface area contributed by atoms with Gasteiger partial charge in [0.1, 0.15) is 5.60 Å². The Morgan fingerprint density at radius 3 is 2.61 bits per heavy atom. The van der Waals surface area contributed by atoms with Crippen LogP contribution in [0.2, 0.25) is 0 Å². The number of benzene rings is 2. The summed E-state index contributed by atoms with van der Waals surface area (Å²) in [6, 6.07) is 10.6. The Balaban J connectivity index is 1.68. The number of hydrogen-bond acceptors (Lipinski definition) is 5. The van der Waals surface area contributed by atoms with E-state index in [-0.39, 0.29) is 5.60 Å².